The molecule has 0 aliphatic rings. The number of furan rings is 1. The molecule has 5 nitrogen and oxygen atoms in total. The number of halogens is 2. The Hall–Kier alpha value is -1.50. The van der Waals surface area contributed by atoms with Crippen LogP contribution < -0.4 is 0 Å². The number of hydrogen-bond acceptors (Lipinski definition) is 5. The molecule has 0 aliphatic heterocycles. The van der Waals surface area contributed by atoms with Gasteiger partial charge in [-0.25, -0.2) is 13.2 Å². The third kappa shape index (κ3) is 3.40. The van der Waals surface area contributed by atoms with E-state index in [4.69, 9.17) is 27.6 Å². The predicted molar refractivity (Wildman–Crippen MR) is 77.4 cm³/mol. The van der Waals surface area contributed by atoms with Gasteiger partial charge >= 0.3 is 5.97 Å². The van der Waals surface area contributed by atoms with Crippen molar-refractivity contribution in [2.75, 3.05) is 7.11 Å². The van der Waals surface area contributed by atoms with E-state index >= 15 is 0 Å². The molecule has 0 N–H and O–H groups in total. The van der Waals surface area contributed by atoms with Gasteiger partial charge in [-0.15, -0.1) is 0 Å². The molecule has 0 fully saturated rings. The number of carbonyl (C=O) groups excluding carboxylic acids is 1. The molecule has 1 aromatic heterocycles. The normalized spacial score (nSPS) is 11.4. The van der Waals surface area contributed by atoms with Gasteiger partial charge in [-0.05, 0) is 24.3 Å². The van der Waals surface area contributed by atoms with E-state index in [0.29, 0.717) is 0 Å². The van der Waals surface area contributed by atoms with Crippen molar-refractivity contribution in [1.29, 1.82) is 0 Å². The highest BCUT2D eigenvalue weighted by Gasteiger charge is 2.24. The van der Waals surface area contributed by atoms with Crippen molar-refractivity contribution < 1.29 is 22.4 Å². The smallest absolute Gasteiger partial charge is 0.373 e. The van der Waals surface area contributed by atoms with E-state index in [0.717, 1.165) is 0 Å². The zero-order valence-electron chi connectivity index (χ0n) is 10.8. The zero-order valence-corrected chi connectivity index (χ0v) is 13.1. The van der Waals surface area contributed by atoms with Crippen LogP contribution in [-0.2, 0) is 20.3 Å². The lowest BCUT2D eigenvalue weighted by atomic mass is 10.4. The summed E-state index contributed by atoms with van der Waals surface area (Å²) >= 11 is 11.8. The number of hydrogen-bond donors (Lipinski definition) is 0. The summed E-state index contributed by atoms with van der Waals surface area (Å²) in [5.74, 6) is -1.14. The van der Waals surface area contributed by atoms with E-state index in [1.54, 1.807) is 6.07 Å². The number of esters is 1. The number of rotatable bonds is 4. The van der Waals surface area contributed by atoms with Gasteiger partial charge < -0.3 is 9.15 Å². The molecule has 0 unspecified atom stereocenters. The molecule has 2 aromatic rings. The van der Waals surface area contributed by atoms with Crippen LogP contribution >= 0.6 is 23.2 Å². The Balaban J connectivity index is 2.34. The van der Waals surface area contributed by atoms with Gasteiger partial charge in [-0.3, -0.25) is 0 Å². The van der Waals surface area contributed by atoms with E-state index in [1.807, 2.05) is 0 Å². The quantitative estimate of drug-likeness (QED) is 0.792. The van der Waals surface area contributed by atoms with Crippen LogP contribution in [0.25, 0.3) is 0 Å². The van der Waals surface area contributed by atoms with Crippen molar-refractivity contribution in [3.63, 3.8) is 0 Å². The molecule has 0 atom stereocenters. The maximum absolute atomic E-state index is 12.3. The first-order chi connectivity index (χ1) is 9.85. The van der Waals surface area contributed by atoms with Crippen molar-refractivity contribution in [2.24, 2.45) is 0 Å². The Morgan fingerprint density at radius 2 is 1.81 bits per heavy atom. The third-order valence-corrected chi connectivity index (χ3v) is 5.19. The highest BCUT2D eigenvalue weighted by molar-refractivity contribution is 7.90. The summed E-state index contributed by atoms with van der Waals surface area (Å²) in [6, 6.07) is 7.13. The van der Waals surface area contributed by atoms with Crippen molar-refractivity contribution >= 4 is 39.0 Å². The fourth-order valence-electron chi connectivity index (χ4n) is 1.70. The second-order valence-corrected chi connectivity index (χ2v) is 6.81. The van der Waals surface area contributed by atoms with Crippen LogP contribution in [0.1, 0.15) is 16.3 Å². The van der Waals surface area contributed by atoms with Gasteiger partial charge in [0.1, 0.15) is 16.4 Å². The number of ether oxygens (including phenoxy) is 1. The Morgan fingerprint density at radius 3 is 2.38 bits per heavy atom. The minimum atomic E-state index is -3.80. The first-order valence-corrected chi connectivity index (χ1v) is 8.10. The second kappa shape index (κ2) is 6.09. The number of benzene rings is 1. The molecule has 2 rings (SSSR count). The largest absolute Gasteiger partial charge is 0.463 e. The van der Waals surface area contributed by atoms with E-state index in [1.165, 1.54) is 31.4 Å². The number of methoxy groups -OCH3 is 1. The monoisotopic (exact) mass is 348 g/mol. The summed E-state index contributed by atoms with van der Waals surface area (Å²) in [5, 5.41) is 0.0597. The maximum Gasteiger partial charge on any atom is 0.373 e. The first-order valence-electron chi connectivity index (χ1n) is 5.69. The molecule has 0 spiro atoms. The summed E-state index contributed by atoms with van der Waals surface area (Å²) in [6.07, 6.45) is 0. The average Bonchev–Trinajstić information content (AvgIpc) is 2.85. The molecule has 0 bridgehead atoms. The van der Waals surface area contributed by atoms with Gasteiger partial charge in [0.05, 0.1) is 17.2 Å². The zero-order chi connectivity index (χ0) is 15.6. The van der Waals surface area contributed by atoms with Gasteiger partial charge in [0.2, 0.25) is 5.76 Å². The minimum absolute atomic E-state index is 0.0299. The lowest BCUT2D eigenvalue weighted by Gasteiger charge is -2.07. The van der Waals surface area contributed by atoms with Crippen LogP contribution in [0, 0.1) is 0 Å². The Bertz CT molecular complexity index is 759. The summed E-state index contributed by atoms with van der Waals surface area (Å²) in [4.78, 5) is 11.1. The van der Waals surface area contributed by atoms with Crippen LogP contribution in [-0.4, -0.2) is 21.5 Å². The van der Waals surface area contributed by atoms with Gasteiger partial charge in [0.25, 0.3) is 0 Å². The number of sulfone groups is 1. The fourth-order valence-corrected chi connectivity index (χ4v) is 4.21. The van der Waals surface area contributed by atoms with Gasteiger partial charge in [0.15, 0.2) is 9.84 Å². The predicted octanol–water partition coefficient (Wildman–Crippen LogP) is 3.35. The highest BCUT2D eigenvalue weighted by atomic mass is 35.5. The van der Waals surface area contributed by atoms with Crippen LogP contribution in [0.15, 0.2) is 39.6 Å². The van der Waals surface area contributed by atoms with E-state index in [2.05, 4.69) is 4.74 Å². The first kappa shape index (κ1) is 15.9. The average molecular weight is 349 g/mol. The van der Waals surface area contributed by atoms with Crippen LogP contribution in [0.2, 0.25) is 10.0 Å². The molecule has 1 heterocycles. The molecule has 0 aliphatic carbocycles. The molecule has 21 heavy (non-hydrogen) atoms. The third-order valence-electron chi connectivity index (χ3n) is 2.61. The molecule has 0 saturated heterocycles. The van der Waals surface area contributed by atoms with E-state index in [9.17, 15) is 13.2 Å². The molecule has 112 valence electrons. The molecule has 0 saturated carbocycles. The minimum Gasteiger partial charge on any atom is -0.463 e. The van der Waals surface area contributed by atoms with Crippen molar-refractivity contribution in [3.05, 3.63) is 51.9 Å². The Kier molecular flexibility index (Phi) is 4.61. The summed E-state index contributed by atoms with van der Waals surface area (Å²) < 4.78 is 34.3. The van der Waals surface area contributed by atoms with E-state index in [-0.39, 0.29) is 26.5 Å². The van der Waals surface area contributed by atoms with Crippen LogP contribution in [0.5, 0.6) is 0 Å². The second-order valence-electron chi connectivity index (χ2n) is 4.07. The summed E-state index contributed by atoms with van der Waals surface area (Å²) in [7, 11) is -2.60. The standard InChI is InChI=1S/C13H10Cl2O5S/c1-19-13(16)11-6-5-8(20-11)7-21(17,18)12-9(14)3-2-4-10(12)15/h2-6H,7H2,1H3. The topological polar surface area (TPSA) is 73.6 Å². The molecule has 0 radical (unpaired) electrons. The van der Waals surface area contributed by atoms with Crippen LogP contribution in [0.4, 0.5) is 0 Å². The summed E-state index contributed by atoms with van der Waals surface area (Å²) in [6.45, 7) is 0. The maximum atomic E-state index is 12.3. The van der Waals surface area contributed by atoms with Gasteiger partial charge in [-0.2, -0.15) is 0 Å². The SMILES string of the molecule is COC(=O)c1ccc(CS(=O)(=O)c2c(Cl)cccc2Cl)o1. The molecule has 0 amide bonds. The fraction of sp³-hybridized carbons (Fsp3) is 0.154. The molecular weight excluding hydrogens is 339 g/mol. The number of carbonyl (C=O) groups is 1. The summed E-state index contributed by atoms with van der Waals surface area (Å²) in [5.41, 5.74) is 0. The highest BCUT2D eigenvalue weighted by Crippen LogP contribution is 2.31. The molecule has 1 aromatic carbocycles. The van der Waals surface area contributed by atoms with Crippen molar-refractivity contribution in [2.45, 2.75) is 10.6 Å². The Labute approximate surface area is 131 Å². The van der Waals surface area contributed by atoms with Crippen molar-refractivity contribution in [3.8, 4) is 0 Å². The van der Waals surface area contributed by atoms with Gasteiger partial charge in [0, 0.05) is 0 Å². The van der Waals surface area contributed by atoms with Crippen LogP contribution in [0.3, 0.4) is 0 Å². The molecular formula is C13H10Cl2O5S. The van der Waals surface area contributed by atoms with Gasteiger partial charge in [-0.1, -0.05) is 29.3 Å². The Morgan fingerprint density at radius 1 is 1.19 bits per heavy atom. The molecule has 8 heteroatoms. The van der Waals surface area contributed by atoms with E-state index < -0.39 is 21.6 Å². The van der Waals surface area contributed by atoms with Crippen molar-refractivity contribution in [1.82, 2.24) is 0 Å². The lowest BCUT2D eigenvalue weighted by molar-refractivity contribution is 0.0563. The lowest BCUT2D eigenvalue weighted by Crippen LogP contribution is -2.06.